The van der Waals surface area contributed by atoms with Gasteiger partial charge in [-0.15, -0.1) is 34.2 Å². The highest BCUT2D eigenvalue weighted by molar-refractivity contribution is 14.0. The average molecular weight is 523 g/mol. The molecule has 10 heteroatoms. The Balaban J connectivity index is 0.00000420. The van der Waals surface area contributed by atoms with Gasteiger partial charge in [-0.2, -0.15) is 0 Å². The first-order valence-corrected chi connectivity index (χ1v) is 10.3. The lowest BCUT2D eigenvalue weighted by atomic mass is 10.1. The van der Waals surface area contributed by atoms with Crippen LogP contribution in [0.1, 0.15) is 31.9 Å². The number of rotatable bonds is 11. The van der Waals surface area contributed by atoms with Crippen LogP contribution in [0.4, 0.5) is 0 Å². The van der Waals surface area contributed by atoms with Gasteiger partial charge in [-0.3, -0.25) is 4.90 Å². The molecule has 9 nitrogen and oxygen atoms in total. The lowest BCUT2D eigenvalue weighted by Gasteiger charge is -2.26. The maximum Gasteiger partial charge on any atom is 0.191 e. The van der Waals surface area contributed by atoms with Crippen LogP contribution < -0.4 is 10.6 Å². The van der Waals surface area contributed by atoms with Gasteiger partial charge in [0.25, 0.3) is 0 Å². The Morgan fingerprint density at radius 1 is 1.17 bits per heavy atom. The lowest BCUT2D eigenvalue weighted by molar-refractivity contribution is 0.0389. The van der Waals surface area contributed by atoms with E-state index >= 15 is 0 Å². The minimum Gasteiger partial charge on any atom is -0.380 e. The van der Waals surface area contributed by atoms with Gasteiger partial charge in [-0.25, -0.2) is 4.99 Å². The summed E-state index contributed by atoms with van der Waals surface area (Å²) in [6.45, 7) is 14.4. The van der Waals surface area contributed by atoms with Crippen molar-refractivity contribution in [2.75, 3.05) is 59.2 Å². The van der Waals surface area contributed by atoms with Gasteiger partial charge in [0.2, 0.25) is 0 Å². The van der Waals surface area contributed by atoms with E-state index in [0.717, 1.165) is 76.6 Å². The fraction of sp³-hybridized carbons (Fsp3) is 0.842. The molecule has 1 aromatic rings. The zero-order valence-corrected chi connectivity index (χ0v) is 20.6. The third-order valence-electron chi connectivity index (χ3n) is 4.76. The number of morpholine rings is 1. The Hall–Kier alpha value is -0.980. The highest BCUT2D eigenvalue weighted by Gasteiger charge is 2.10. The number of hydrogen-bond acceptors (Lipinski definition) is 6. The monoisotopic (exact) mass is 523 g/mol. The average Bonchev–Trinajstić information content (AvgIpc) is 3.01. The zero-order valence-electron chi connectivity index (χ0n) is 18.3. The van der Waals surface area contributed by atoms with Crippen LogP contribution in [-0.4, -0.2) is 84.8 Å². The number of hydrogen-bond donors (Lipinski definition) is 2. The second kappa shape index (κ2) is 14.9. The Bertz CT molecular complexity index is 589. The van der Waals surface area contributed by atoms with Crippen molar-refractivity contribution in [3.05, 3.63) is 11.6 Å². The lowest BCUT2D eigenvalue weighted by Crippen LogP contribution is -2.45. The SMILES string of the molecule is Cc1nnc(CN=C(NCCOCCC(C)C)NCCN2CCOCC2)n1C.I. The summed E-state index contributed by atoms with van der Waals surface area (Å²) in [5, 5.41) is 15.0. The van der Waals surface area contributed by atoms with Gasteiger partial charge >= 0.3 is 0 Å². The van der Waals surface area contributed by atoms with Gasteiger partial charge in [0.1, 0.15) is 12.4 Å². The number of ether oxygens (including phenoxy) is 2. The number of aromatic nitrogens is 3. The third-order valence-corrected chi connectivity index (χ3v) is 4.76. The molecule has 1 aliphatic rings. The van der Waals surface area contributed by atoms with Crippen LogP contribution >= 0.6 is 24.0 Å². The Morgan fingerprint density at radius 2 is 1.90 bits per heavy atom. The van der Waals surface area contributed by atoms with E-state index in [1.807, 2.05) is 18.5 Å². The fourth-order valence-corrected chi connectivity index (χ4v) is 2.73. The van der Waals surface area contributed by atoms with Crippen LogP contribution in [-0.2, 0) is 23.1 Å². The van der Waals surface area contributed by atoms with Crippen LogP contribution in [0, 0.1) is 12.8 Å². The molecule has 2 heterocycles. The van der Waals surface area contributed by atoms with Gasteiger partial charge < -0.3 is 24.7 Å². The van der Waals surface area contributed by atoms with Crippen molar-refractivity contribution in [3.63, 3.8) is 0 Å². The van der Waals surface area contributed by atoms with Crippen LogP contribution in [0.25, 0.3) is 0 Å². The molecule has 0 spiro atoms. The largest absolute Gasteiger partial charge is 0.380 e. The summed E-state index contributed by atoms with van der Waals surface area (Å²) in [6.07, 6.45) is 1.09. The molecule has 0 radical (unpaired) electrons. The molecule has 1 aromatic heterocycles. The minimum atomic E-state index is 0. The van der Waals surface area contributed by atoms with Crippen LogP contribution in [0.5, 0.6) is 0 Å². The Kier molecular flexibility index (Phi) is 13.4. The second-order valence-electron chi connectivity index (χ2n) is 7.49. The molecule has 2 N–H and O–H groups in total. The maximum atomic E-state index is 5.69. The molecule has 1 fully saturated rings. The van der Waals surface area contributed by atoms with Crippen molar-refractivity contribution < 1.29 is 9.47 Å². The summed E-state index contributed by atoms with van der Waals surface area (Å²) in [4.78, 5) is 7.07. The highest BCUT2D eigenvalue weighted by atomic mass is 127. The van der Waals surface area contributed by atoms with E-state index < -0.39 is 0 Å². The van der Waals surface area contributed by atoms with E-state index in [1.54, 1.807) is 0 Å². The summed E-state index contributed by atoms with van der Waals surface area (Å²) in [5.41, 5.74) is 0. The van der Waals surface area contributed by atoms with E-state index in [9.17, 15) is 0 Å². The molecule has 0 aliphatic carbocycles. The highest BCUT2D eigenvalue weighted by Crippen LogP contribution is 2.00. The fourth-order valence-electron chi connectivity index (χ4n) is 2.73. The van der Waals surface area contributed by atoms with E-state index in [0.29, 0.717) is 19.1 Å². The molecule has 0 atom stereocenters. The van der Waals surface area contributed by atoms with Crippen molar-refractivity contribution in [1.82, 2.24) is 30.3 Å². The van der Waals surface area contributed by atoms with Crippen molar-refractivity contribution in [2.24, 2.45) is 18.0 Å². The predicted octanol–water partition coefficient (Wildman–Crippen LogP) is 1.17. The van der Waals surface area contributed by atoms with E-state index in [2.05, 4.69) is 44.6 Å². The molecule has 29 heavy (non-hydrogen) atoms. The van der Waals surface area contributed by atoms with Crippen molar-refractivity contribution >= 4 is 29.9 Å². The first kappa shape index (κ1) is 26.1. The van der Waals surface area contributed by atoms with E-state index in [1.165, 1.54) is 0 Å². The molecular formula is C19H38IN7O2. The molecule has 0 bridgehead atoms. The summed E-state index contributed by atoms with van der Waals surface area (Å²) in [7, 11) is 1.96. The molecule has 0 amide bonds. The normalized spacial score (nSPS) is 15.4. The van der Waals surface area contributed by atoms with Crippen LogP contribution in [0.15, 0.2) is 4.99 Å². The Labute approximate surface area is 192 Å². The standard InChI is InChI=1S/C19H37N7O2.HI/c1-16(2)5-11-27-12-7-21-19(20-6-8-26-9-13-28-14-10-26)22-15-18-24-23-17(3)25(18)4;/h16H,5-15H2,1-4H3,(H2,20,21,22);1H. The molecule has 168 valence electrons. The molecule has 2 rings (SSSR count). The second-order valence-corrected chi connectivity index (χ2v) is 7.49. The first-order chi connectivity index (χ1) is 13.6. The quantitative estimate of drug-likeness (QED) is 0.195. The number of nitrogens with zero attached hydrogens (tertiary/aromatic N) is 5. The number of aliphatic imine (C=N–C) groups is 1. The predicted molar refractivity (Wildman–Crippen MR) is 126 cm³/mol. The summed E-state index contributed by atoms with van der Waals surface area (Å²) < 4.78 is 13.0. The van der Waals surface area contributed by atoms with Gasteiger partial charge in [-0.05, 0) is 19.3 Å². The van der Waals surface area contributed by atoms with Gasteiger partial charge in [0.15, 0.2) is 11.8 Å². The van der Waals surface area contributed by atoms with E-state index in [-0.39, 0.29) is 24.0 Å². The molecule has 1 saturated heterocycles. The van der Waals surface area contributed by atoms with Crippen molar-refractivity contribution in [1.29, 1.82) is 0 Å². The molecule has 0 aromatic carbocycles. The minimum absolute atomic E-state index is 0. The first-order valence-electron chi connectivity index (χ1n) is 10.3. The number of aryl methyl sites for hydroxylation is 1. The summed E-state index contributed by atoms with van der Waals surface area (Å²) in [6, 6.07) is 0. The summed E-state index contributed by atoms with van der Waals surface area (Å²) >= 11 is 0. The number of guanidine groups is 1. The molecular weight excluding hydrogens is 485 g/mol. The van der Waals surface area contributed by atoms with Gasteiger partial charge in [0, 0.05) is 46.4 Å². The van der Waals surface area contributed by atoms with Gasteiger partial charge in [-0.1, -0.05) is 13.8 Å². The number of halogens is 1. The molecule has 0 saturated carbocycles. The summed E-state index contributed by atoms with van der Waals surface area (Å²) in [5.74, 6) is 3.18. The maximum absolute atomic E-state index is 5.69. The van der Waals surface area contributed by atoms with Crippen LogP contribution in [0.3, 0.4) is 0 Å². The molecule has 1 aliphatic heterocycles. The number of nitrogens with one attached hydrogen (secondary N) is 2. The molecule has 0 unspecified atom stereocenters. The van der Waals surface area contributed by atoms with Crippen molar-refractivity contribution in [2.45, 2.75) is 33.7 Å². The van der Waals surface area contributed by atoms with Crippen molar-refractivity contribution in [3.8, 4) is 0 Å². The van der Waals surface area contributed by atoms with E-state index in [4.69, 9.17) is 9.47 Å². The smallest absolute Gasteiger partial charge is 0.191 e. The Morgan fingerprint density at radius 3 is 2.55 bits per heavy atom. The van der Waals surface area contributed by atoms with Gasteiger partial charge in [0.05, 0.1) is 19.8 Å². The van der Waals surface area contributed by atoms with Crippen LogP contribution in [0.2, 0.25) is 0 Å². The zero-order chi connectivity index (χ0) is 20.2. The third kappa shape index (κ3) is 10.6. The topological polar surface area (TPSA) is 88.8 Å².